The van der Waals surface area contributed by atoms with Gasteiger partial charge in [0.2, 0.25) is 18.6 Å². The summed E-state index contributed by atoms with van der Waals surface area (Å²) in [5.41, 5.74) is 6.39. The summed E-state index contributed by atoms with van der Waals surface area (Å²) < 4.78 is 38.0. The van der Waals surface area contributed by atoms with E-state index in [0.717, 1.165) is 17.5 Å². The van der Waals surface area contributed by atoms with Crippen molar-refractivity contribution in [2.75, 3.05) is 47.5 Å². The zero-order chi connectivity index (χ0) is 38.1. The minimum atomic E-state index is -0.976. The highest BCUT2D eigenvalue weighted by atomic mass is 16.8. The highest BCUT2D eigenvalue weighted by molar-refractivity contribution is 5.83. The number of primary amides is 1. The average Bonchev–Trinajstić information content (AvgIpc) is 3.53. The molecule has 1 heterocycles. The number of benzene rings is 2. The molecule has 288 valence electrons. The molecule has 14 heteroatoms. The van der Waals surface area contributed by atoms with Crippen molar-refractivity contribution in [2.45, 2.75) is 78.6 Å². The van der Waals surface area contributed by atoms with E-state index in [1.54, 1.807) is 40.2 Å². The summed E-state index contributed by atoms with van der Waals surface area (Å²) in [5, 5.41) is 2.88. The van der Waals surface area contributed by atoms with E-state index in [4.69, 9.17) is 38.9 Å². The lowest BCUT2D eigenvalue weighted by Gasteiger charge is -2.29. The van der Waals surface area contributed by atoms with Crippen LogP contribution in [0.1, 0.15) is 64.5 Å². The summed E-state index contributed by atoms with van der Waals surface area (Å²) in [6, 6.07) is 14.4. The van der Waals surface area contributed by atoms with Crippen molar-refractivity contribution in [3.63, 3.8) is 0 Å². The molecular formula is C38H55N3O11. The fourth-order valence-corrected chi connectivity index (χ4v) is 5.66. The first-order valence-corrected chi connectivity index (χ1v) is 17.6. The fourth-order valence-electron chi connectivity index (χ4n) is 5.66. The quantitative estimate of drug-likeness (QED) is 0.0983. The lowest BCUT2D eigenvalue weighted by molar-refractivity contribution is -0.130. The summed E-state index contributed by atoms with van der Waals surface area (Å²) in [6.07, 6.45) is 0.702. The molecule has 3 rings (SSSR count). The molecule has 1 saturated heterocycles. The van der Waals surface area contributed by atoms with Crippen molar-refractivity contribution in [1.82, 2.24) is 10.2 Å². The van der Waals surface area contributed by atoms with Crippen LogP contribution in [-0.4, -0.2) is 88.6 Å². The number of nitrogens with two attached hydrogens (primary N) is 1. The second-order valence-electron chi connectivity index (χ2n) is 13.7. The first kappa shape index (κ1) is 41.9. The van der Waals surface area contributed by atoms with Crippen LogP contribution in [0.5, 0.6) is 11.5 Å². The third-order valence-electron chi connectivity index (χ3n) is 8.99. The minimum absolute atomic E-state index is 0.0115. The van der Waals surface area contributed by atoms with Gasteiger partial charge in [-0.05, 0) is 68.7 Å². The number of amides is 3. The predicted octanol–water partition coefficient (Wildman–Crippen LogP) is 5.20. The third kappa shape index (κ3) is 13.2. The van der Waals surface area contributed by atoms with E-state index in [-0.39, 0.29) is 31.7 Å². The molecular weight excluding hydrogens is 674 g/mol. The van der Waals surface area contributed by atoms with Crippen LogP contribution in [0.25, 0.3) is 0 Å². The van der Waals surface area contributed by atoms with Crippen LogP contribution >= 0.6 is 0 Å². The van der Waals surface area contributed by atoms with Gasteiger partial charge in [-0.25, -0.2) is 9.59 Å². The molecule has 0 aromatic heterocycles. The van der Waals surface area contributed by atoms with Gasteiger partial charge in [-0.15, -0.1) is 0 Å². The van der Waals surface area contributed by atoms with Crippen molar-refractivity contribution >= 4 is 24.1 Å². The first-order chi connectivity index (χ1) is 24.9. The van der Waals surface area contributed by atoms with Gasteiger partial charge >= 0.3 is 12.2 Å². The molecule has 1 fully saturated rings. The van der Waals surface area contributed by atoms with E-state index >= 15 is 0 Å². The summed E-state index contributed by atoms with van der Waals surface area (Å²) in [7, 11) is 3.23. The van der Waals surface area contributed by atoms with Crippen LogP contribution in [0.15, 0.2) is 48.5 Å². The Bertz CT molecular complexity index is 1440. The van der Waals surface area contributed by atoms with E-state index in [1.165, 1.54) is 4.90 Å². The van der Waals surface area contributed by atoms with Gasteiger partial charge in [-0.1, -0.05) is 50.2 Å². The molecule has 0 radical (unpaired) electrons. The molecule has 3 amide bonds. The monoisotopic (exact) mass is 729 g/mol. The largest absolute Gasteiger partial charge is 0.511 e. The molecule has 3 N–H and O–H groups in total. The average molecular weight is 730 g/mol. The number of rotatable bonds is 21. The highest BCUT2D eigenvalue weighted by Gasteiger charge is 2.41. The molecule has 0 aliphatic carbocycles. The maximum absolute atomic E-state index is 13.4. The maximum Gasteiger partial charge on any atom is 0.511 e. The number of nitrogens with one attached hydrogen (secondary N) is 1. The normalized spacial score (nSPS) is 16.2. The Morgan fingerprint density at radius 1 is 0.962 bits per heavy atom. The number of methoxy groups -OCH3 is 2. The van der Waals surface area contributed by atoms with Gasteiger partial charge in [0, 0.05) is 32.6 Å². The Morgan fingerprint density at radius 3 is 2.38 bits per heavy atom. The smallest absolute Gasteiger partial charge is 0.493 e. The van der Waals surface area contributed by atoms with Gasteiger partial charge in [-0.3, -0.25) is 14.5 Å². The minimum Gasteiger partial charge on any atom is -0.493 e. The van der Waals surface area contributed by atoms with E-state index in [9.17, 15) is 19.2 Å². The molecule has 0 spiro atoms. The lowest BCUT2D eigenvalue weighted by Crippen LogP contribution is -2.46. The first-order valence-electron chi connectivity index (χ1n) is 17.6. The van der Waals surface area contributed by atoms with Crippen LogP contribution in [0.3, 0.4) is 0 Å². The van der Waals surface area contributed by atoms with Gasteiger partial charge in [0.15, 0.2) is 11.5 Å². The Morgan fingerprint density at radius 2 is 1.71 bits per heavy atom. The van der Waals surface area contributed by atoms with E-state index in [0.29, 0.717) is 50.4 Å². The van der Waals surface area contributed by atoms with Gasteiger partial charge in [0.1, 0.15) is 13.3 Å². The standard InChI is InChI=1S/C38H55N3O11/c1-26(2)29(34(42)40-23-38(3,4)35(39)43)21-32-30(15-10-14-27-16-17-31(47-6)33(20-27)48-19-11-18-46-5)41(24-50-32)36(44)51-25-52-37(45)49-22-28-12-8-7-9-13-28/h7-9,12-13,16-17,20,26,29-30,32H,10-11,14-15,18-19,21-25H2,1-6H3,(H2,39,43)(H,40,42)/t29?,30-,32-/m0/s1. The zero-order valence-corrected chi connectivity index (χ0v) is 31.2. The second kappa shape index (κ2) is 21.1. The molecule has 0 bridgehead atoms. The molecule has 0 saturated carbocycles. The maximum atomic E-state index is 13.4. The molecule has 52 heavy (non-hydrogen) atoms. The number of aryl methyl sites for hydroxylation is 1. The van der Waals surface area contributed by atoms with Crippen LogP contribution in [0.4, 0.5) is 9.59 Å². The van der Waals surface area contributed by atoms with Crippen LogP contribution < -0.4 is 20.5 Å². The number of ether oxygens (including phenoxy) is 7. The third-order valence-corrected chi connectivity index (χ3v) is 8.99. The number of hydrogen-bond donors (Lipinski definition) is 2. The number of hydrogen-bond acceptors (Lipinski definition) is 11. The van der Waals surface area contributed by atoms with Crippen molar-refractivity contribution in [3.05, 3.63) is 59.7 Å². The summed E-state index contributed by atoms with van der Waals surface area (Å²) in [6.45, 7) is 7.66. The van der Waals surface area contributed by atoms with Gasteiger partial charge in [0.05, 0.1) is 31.3 Å². The van der Waals surface area contributed by atoms with E-state index in [2.05, 4.69) is 5.32 Å². The van der Waals surface area contributed by atoms with Crippen molar-refractivity contribution in [2.24, 2.45) is 23.0 Å². The molecule has 1 unspecified atom stereocenters. The highest BCUT2D eigenvalue weighted by Crippen LogP contribution is 2.32. The van der Waals surface area contributed by atoms with Crippen LogP contribution in [0, 0.1) is 17.3 Å². The van der Waals surface area contributed by atoms with Crippen molar-refractivity contribution in [1.29, 1.82) is 0 Å². The lowest BCUT2D eigenvalue weighted by atomic mass is 9.85. The molecule has 2 aromatic carbocycles. The van der Waals surface area contributed by atoms with E-state index < -0.39 is 48.4 Å². The Kier molecular flexibility index (Phi) is 17.0. The number of nitrogens with zero attached hydrogens (tertiary/aromatic N) is 1. The Hall–Kier alpha value is -4.56. The van der Waals surface area contributed by atoms with Gasteiger partial charge in [-0.2, -0.15) is 0 Å². The Labute approximate surface area is 306 Å². The zero-order valence-electron chi connectivity index (χ0n) is 31.2. The number of carbonyl (C=O) groups excluding carboxylic acids is 4. The molecule has 14 nitrogen and oxygen atoms in total. The van der Waals surface area contributed by atoms with Gasteiger partial charge in [0.25, 0.3) is 0 Å². The summed E-state index contributed by atoms with van der Waals surface area (Å²) >= 11 is 0. The SMILES string of the molecule is COCCCOc1cc(CCC[C@H]2[C@H](CC(C(=O)NCC(C)(C)C(N)=O)C(C)C)OCN2C(=O)OCOC(=O)OCc2ccccc2)ccc1OC. The molecule has 3 atom stereocenters. The molecule has 1 aliphatic rings. The van der Waals surface area contributed by atoms with Crippen molar-refractivity contribution < 1.29 is 52.3 Å². The Balaban J connectivity index is 1.68. The number of carbonyl (C=O) groups is 4. The predicted molar refractivity (Wildman–Crippen MR) is 191 cm³/mol. The summed E-state index contributed by atoms with van der Waals surface area (Å²) in [4.78, 5) is 52.1. The van der Waals surface area contributed by atoms with E-state index in [1.807, 2.05) is 50.2 Å². The molecule has 1 aliphatic heterocycles. The van der Waals surface area contributed by atoms with Crippen molar-refractivity contribution in [3.8, 4) is 11.5 Å². The second-order valence-corrected chi connectivity index (χ2v) is 13.7. The fraction of sp³-hybridized carbons (Fsp3) is 0.579. The van der Waals surface area contributed by atoms with Crippen LogP contribution in [0.2, 0.25) is 0 Å². The molecule has 2 aromatic rings. The van der Waals surface area contributed by atoms with Crippen LogP contribution in [-0.2, 0) is 46.3 Å². The topological polar surface area (TPSA) is 174 Å². The summed E-state index contributed by atoms with van der Waals surface area (Å²) in [5.74, 6) is -0.0319. The van der Waals surface area contributed by atoms with Gasteiger partial charge < -0.3 is 44.2 Å².